The maximum atomic E-state index is 12.7. The molecule has 3 aliphatic rings. The van der Waals surface area contributed by atoms with Crippen LogP contribution in [0.5, 0.6) is 5.75 Å². The number of rotatable bonds is 4. The summed E-state index contributed by atoms with van der Waals surface area (Å²) in [5.74, 6) is 0.285. The first kappa shape index (κ1) is 13.4. The van der Waals surface area contributed by atoms with Crippen LogP contribution in [-0.2, 0) is 9.53 Å². The number of hydrogen-bond donors (Lipinski definition) is 0. The third kappa shape index (κ3) is 3.10. The standard InChI is InChI=1S/C15H18FNO3/c16-12-1-3-13(4-2-12)19-10-15(18)20-14-9-17-7-5-11(14)6-8-17/h1-4,11,14H,5-10H2/t14-/m1/s1. The van der Waals surface area contributed by atoms with E-state index < -0.39 is 0 Å². The number of carbonyl (C=O) groups excluding carboxylic acids is 1. The summed E-state index contributed by atoms with van der Waals surface area (Å²) in [6.45, 7) is 2.94. The molecule has 3 fully saturated rings. The molecule has 108 valence electrons. The molecule has 3 heterocycles. The molecule has 0 aliphatic carbocycles. The van der Waals surface area contributed by atoms with Crippen molar-refractivity contribution in [3.05, 3.63) is 30.1 Å². The van der Waals surface area contributed by atoms with Gasteiger partial charge in [-0.1, -0.05) is 0 Å². The number of halogens is 1. The van der Waals surface area contributed by atoms with E-state index in [9.17, 15) is 9.18 Å². The molecule has 0 radical (unpaired) electrons. The van der Waals surface area contributed by atoms with E-state index in [0.717, 1.165) is 32.5 Å². The molecule has 3 aliphatic heterocycles. The smallest absolute Gasteiger partial charge is 0.344 e. The minimum Gasteiger partial charge on any atom is -0.482 e. The molecule has 0 spiro atoms. The van der Waals surface area contributed by atoms with Gasteiger partial charge in [-0.3, -0.25) is 4.90 Å². The van der Waals surface area contributed by atoms with E-state index in [1.54, 1.807) is 0 Å². The van der Waals surface area contributed by atoms with Crippen LogP contribution in [0.2, 0.25) is 0 Å². The Balaban J connectivity index is 1.46. The van der Waals surface area contributed by atoms with Gasteiger partial charge in [0, 0.05) is 6.54 Å². The second kappa shape index (κ2) is 5.79. The molecular formula is C15H18FNO3. The Morgan fingerprint density at radius 1 is 1.25 bits per heavy atom. The number of ether oxygens (including phenoxy) is 2. The van der Waals surface area contributed by atoms with E-state index >= 15 is 0 Å². The third-order valence-corrected chi connectivity index (χ3v) is 4.05. The van der Waals surface area contributed by atoms with Crippen molar-refractivity contribution in [2.75, 3.05) is 26.2 Å². The molecule has 2 bridgehead atoms. The maximum Gasteiger partial charge on any atom is 0.344 e. The van der Waals surface area contributed by atoms with Gasteiger partial charge in [-0.05, 0) is 56.1 Å². The quantitative estimate of drug-likeness (QED) is 0.788. The maximum absolute atomic E-state index is 12.7. The number of nitrogens with zero attached hydrogens (tertiary/aromatic N) is 1. The molecule has 1 aromatic rings. The molecule has 0 aromatic heterocycles. The molecule has 4 nitrogen and oxygen atoms in total. The molecule has 0 amide bonds. The molecule has 1 aromatic carbocycles. The summed E-state index contributed by atoms with van der Waals surface area (Å²) in [7, 11) is 0. The van der Waals surface area contributed by atoms with Crippen molar-refractivity contribution in [3.8, 4) is 5.75 Å². The van der Waals surface area contributed by atoms with Gasteiger partial charge in [0.2, 0.25) is 0 Å². The predicted octanol–water partition coefficient (Wildman–Crippen LogP) is 1.84. The molecule has 1 atom stereocenters. The number of piperidine rings is 3. The Labute approximate surface area is 117 Å². The van der Waals surface area contributed by atoms with Crippen LogP contribution < -0.4 is 4.74 Å². The molecule has 0 saturated carbocycles. The first-order chi connectivity index (χ1) is 9.70. The zero-order valence-corrected chi connectivity index (χ0v) is 11.3. The van der Waals surface area contributed by atoms with E-state index in [-0.39, 0.29) is 24.5 Å². The fourth-order valence-corrected chi connectivity index (χ4v) is 2.92. The molecule has 0 unspecified atom stereocenters. The minimum absolute atomic E-state index is 0.00168. The Morgan fingerprint density at radius 3 is 2.55 bits per heavy atom. The van der Waals surface area contributed by atoms with E-state index in [1.807, 2.05) is 0 Å². The van der Waals surface area contributed by atoms with Crippen LogP contribution in [0.1, 0.15) is 12.8 Å². The van der Waals surface area contributed by atoms with Crippen LogP contribution in [-0.4, -0.2) is 43.2 Å². The number of hydrogen-bond acceptors (Lipinski definition) is 4. The van der Waals surface area contributed by atoms with E-state index in [1.165, 1.54) is 24.3 Å². The summed E-state index contributed by atoms with van der Waals surface area (Å²) in [6.07, 6.45) is 2.22. The second-order valence-electron chi connectivity index (χ2n) is 5.41. The van der Waals surface area contributed by atoms with Crippen molar-refractivity contribution in [2.45, 2.75) is 18.9 Å². The number of benzene rings is 1. The molecule has 4 rings (SSSR count). The average Bonchev–Trinajstić information content (AvgIpc) is 2.48. The van der Waals surface area contributed by atoms with Gasteiger partial charge in [0.1, 0.15) is 17.7 Å². The van der Waals surface area contributed by atoms with Crippen molar-refractivity contribution in [2.24, 2.45) is 5.92 Å². The number of carbonyl (C=O) groups is 1. The SMILES string of the molecule is O=C(COc1ccc(F)cc1)O[C@@H]1CN2CCC1CC2. The van der Waals surface area contributed by atoms with Gasteiger partial charge < -0.3 is 9.47 Å². The zero-order chi connectivity index (χ0) is 13.9. The summed E-state index contributed by atoms with van der Waals surface area (Å²) in [5, 5.41) is 0. The van der Waals surface area contributed by atoms with Crippen molar-refractivity contribution >= 4 is 5.97 Å². The molecule has 3 saturated heterocycles. The highest BCUT2D eigenvalue weighted by molar-refractivity contribution is 5.71. The van der Waals surface area contributed by atoms with Crippen LogP contribution in [0.25, 0.3) is 0 Å². The highest BCUT2D eigenvalue weighted by atomic mass is 19.1. The molecule has 0 N–H and O–H groups in total. The van der Waals surface area contributed by atoms with Crippen molar-refractivity contribution in [3.63, 3.8) is 0 Å². The zero-order valence-electron chi connectivity index (χ0n) is 11.3. The van der Waals surface area contributed by atoms with Crippen molar-refractivity contribution in [1.82, 2.24) is 4.90 Å². The lowest BCUT2D eigenvalue weighted by Crippen LogP contribution is -2.52. The van der Waals surface area contributed by atoms with Gasteiger partial charge in [0.15, 0.2) is 6.61 Å². The first-order valence-corrected chi connectivity index (χ1v) is 7.01. The monoisotopic (exact) mass is 279 g/mol. The van der Waals surface area contributed by atoms with Crippen molar-refractivity contribution in [1.29, 1.82) is 0 Å². The molecule has 20 heavy (non-hydrogen) atoms. The number of fused-ring (bicyclic) bond motifs is 3. The summed E-state index contributed by atoms with van der Waals surface area (Å²) >= 11 is 0. The van der Waals surface area contributed by atoms with Crippen LogP contribution in [0.3, 0.4) is 0 Å². The van der Waals surface area contributed by atoms with E-state index in [2.05, 4.69) is 4.90 Å². The lowest BCUT2D eigenvalue weighted by atomic mass is 9.86. The molecule has 5 heteroatoms. The summed E-state index contributed by atoms with van der Waals surface area (Å²) < 4.78 is 23.5. The van der Waals surface area contributed by atoms with E-state index in [4.69, 9.17) is 9.47 Å². The van der Waals surface area contributed by atoms with Crippen LogP contribution >= 0.6 is 0 Å². The summed E-state index contributed by atoms with van der Waals surface area (Å²) in [5.41, 5.74) is 0. The lowest BCUT2D eigenvalue weighted by molar-refractivity contribution is -0.161. The van der Waals surface area contributed by atoms with Crippen LogP contribution in [0.15, 0.2) is 24.3 Å². The highest BCUT2D eigenvalue weighted by Crippen LogP contribution is 2.29. The first-order valence-electron chi connectivity index (χ1n) is 7.01. The Bertz CT molecular complexity index is 469. The summed E-state index contributed by atoms with van der Waals surface area (Å²) in [6, 6.07) is 5.59. The van der Waals surface area contributed by atoms with Gasteiger partial charge in [-0.2, -0.15) is 0 Å². The third-order valence-electron chi connectivity index (χ3n) is 4.05. The fraction of sp³-hybridized carbons (Fsp3) is 0.533. The van der Waals surface area contributed by atoms with Gasteiger partial charge in [0.05, 0.1) is 0 Å². The summed E-state index contributed by atoms with van der Waals surface area (Å²) in [4.78, 5) is 14.1. The van der Waals surface area contributed by atoms with Gasteiger partial charge in [-0.25, -0.2) is 9.18 Å². The van der Waals surface area contributed by atoms with Crippen LogP contribution in [0.4, 0.5) is 4.39 Å². The Kier molecular flexibility index (Phi) is 3.87. The van der Waals surface area contributed by atoms with Gasteiger partial charge >= 0.3 is 5.97 Å². The van der Waals surface area contributed by atoms with Gasteiger partial charge in [0.25, 0.3) is 0 Å². The number of esters is 1. The van der Waals surface area contributed by atoms with E-state index in [0.29, 0.717) is 11.7 Å². The Hall–Kier alpha value is -1.62. The van der Waals surface area contributed by atoms with Crippen LogP contribution in [0, 0.1) is 11.7 Å². The van der Waals surface area contributed by atoms with Gasteiger partial charge in [-0.15, -0.1) is 0 Å². The lowest BCUT2D eigenvalue weighted by Gasteiger charge is -2.43. The normalized spacial score (nSPS) is 28.1. The second-order valence-corrected chi connectivity index (χ2v) is 5.41. The highest BCUT2D eigenvalue weighted by Gasteiger charge is 2.36. The Morgan fingerprint density at radius 2 is 1.95 bits per heavy atom. The predicted molar refractivity (Wildman–Crippen MR) is 70.9 cm³/mol. The minimum atomic E-state index is -0.354. The van der Waals surface area contributed by atoms with Crippen molar-refractivity contribution < 1.29 is 18.7 Å². The largest absolute Gasteiger partial charge is 0.482 e. The average molecular weight is 279 g/mol. The fourth-order valence-electron chi connectivity index (χ4n) is 2.92. The molecular weight excluding hydrogens is 261 g/mol. The topological polar surface area (TPSA) is 38.8 Å².